The van der Waals surface area contributed by atoms with Crippen LogP contribution in [0.25, 0.3) is 0 Å². The van der Waals surface area contributed by atoms with Gasteiger partial charge >= 0.3 is 6.18 Å². The van der Waals surface area contributed by atoms with Gasteiger partial charge in [-0.15, -0.1) is 0 Å². The minimum atomic E-state index is -4.49. The van der Waals surface area contributed by atoms with Crippen molar-refractivity contribution < 1.29 is 17.9 Å². The minimum Gasteiger partial charge on any atom is -0.457 e. The van der Waals surface area contributed by atoms with E-state index in [4.69, 9.17) is 16.3 Å². The Kier molecular flexibility index (Phi) is 5.18. The predicted octanol–water partition coefficient (Wildman–Crippen LogP) is 5.55. The Hall–Kier alpha value is -2.54. The SMILES string of the molecule is CC(Cn1cncn1)c1ccc(Oc2ccc(Cl)cc2)cc1C(F)(F)F. The van der Waals surface area contributed by atoms with Crippen molar-refractivity contribution in [3.63, 3.8) is 0 Å². The lowest BCUT2D eigenvalue weighted by atomic mass is 9.95. The average molecular weight is 382 g/mol. The number of aromatic nitrogens is 3. The van der Waals surface area contributed by atoms with Crippen molar-refractivity contribution in [2.75, 3.05) is 0 Å². The quantitative estimate of drug-likeness (QED) is 0.582. The lowest BCUT2D eigenvalue weighted by molar-refractivity contribution is -0.138. The summed E-state index contributed by atoms with van der Waals surface area (Å²) in [6.45, 7) is 2.01. The number of rotatable bonds is 5. The average Bonchev–Trinajstić information content (AvgIpc) is 3.09. The van der Waals surface area contributed by atoms with Crippen molar-refractivity contribution in [1.29, 1.82) is 0 Å². The van der Waals surface area contributed by atoms with Crippen LogP contribution in [0.1, 0.15) is 24.0 Å². The Balaban J connectivity index is 1.89. The molecule has 1 atom stereocenters. The highest BCUT2D eigenvalue weighted by molar-refractivity contribution is 6.30. The zero-order valence-corrected chi connectivity index (χ0v) is 14.5. The molecule has 3 aromatic rings. The molecule has 0 N–H and O–H groups in total. The fraction of sp³-hybridized carbons (Fsp3) is 0.222. The van der Waals surface area contributed by atoms with Gasteiger partial charge in [0.15, 0.2) is 0 Å². The summed E-state index contributed by atoms with van der Waals surface area (Å²) < 4.78 is 47.7. The largest absolute Gasteiger partial charge is 0.457 e. The second-order valence-corrected chi connectivity index (χ2v) is 6.26. The maximum atomic E-state index is 13.6. The standard InChI is InChI=1S/C18H15ClF3N3O/c1-12(9-25-11-23-10-24-25)16-7-6-15(8-17(16)18(20,21)22)26-14-4-2-13(19)3-5-14/h2-8,10-12H,9H2,1H3. The van der Waals surface area contributed by atoms with Gasteiger partial charge in [0.2, 0.25) is 0 Å². The van der Waals surface area contributed by atoms with Crippen molar-refractivity contribution in [2.24, 2.45) is 0 Å². The second-order valence-electron chi connectivity index (χ2n) is 5.82. The minimum absolute atomic E-state index is 0.108. The summed E-state index contributed by atoms with van der Waals surface area (Å²) in [7, 11) is 0. The molecule has 0 fully saturated rings. The molecule has 1 heterocycles. The van der Waals surface area contributed by atoms with Gasteiger partial charge in [0.1, 0.15) is 24.2 Å². The van der Waals surface area contributed by atoms with Gasteiger partial charge < -0.3 is 4.74 Å². The first-order chi connectivity index (χ1) is 12.3. The van der Waals surface area contributed by atoms with Gasteiger partial charge in [-0.25, -0.2) is 4.98 Å². The van der Waals surface area contributed by atoms with Crippen LogP contribution in [-0.2, 0) is 12.7 Å². The van der Waals surface area contributed by atoms with E-state index in [1.165, 1.54) is 29.5 Å². The molecule has 0 aliphatic rings. The van der Waals surface area contributed by atoms with Gasteiger partial charge in [0.25, 0.3) is 0 Å². The number of benzene rings is 2. The van der Waals surface area contributed by atoms with Crippen molar-refractivity contribution >= 4 is 11.6 Å². The summed E-state index contributed by atoms with van der Waals surface area (Å²) in [4.78, 5) is 3.81. The van der Waals surface area contributed by atoms with Crippen LogP contribution in [0, 0.1) is 0 Å². The van der Waals surface area contributed by atoms with Gasteiger partial charge in [-0.2, -0.15) is 18.3 Å². The Morgan fingerprint density at radius 3 is 2.42 bits per heavy atom. The maximum Gasteiger partial charge on any atom is 0.416 e. The third kappa shape index (κ3) is 4.35. The Labute approximate surface area is 153 Å². The lowest BCUT2D eigenvalue weighted by Gasteiger charge is -2.19. The van der Waals surface area contributed by atoms with Crippen LogP contribution in [0.15, 0.2) is 55.1 Å². The summed E-state index contributed by atoms with van der Waals surface area (Å²) in [6.07, 6.45) is -1.67. The number of hydrogen-bond acceptors (Lipinski definition) is 3. The van der Waals surface area contributed by atoms with E-state index in [0.29, 0.717) is 17.3 Å². The van der Waals surface area contributed by atoms with Crippen LogP contribution in [0.2, 0.25) is 5.02 Å². The van der Waals surface area contributed by atoms with Gasteiger partial charge in [-0.3, -0.25) is 4.68 Å². The van der Waals surface area contributed by atoms with Crippen molar-refractivity contribution in [3.8, 4) is 11.5 Å². The van der Waals surface area contributed by atoms with Gasteiger partial charge in [-0.1, -0.05) is 24.6 Å². The normalized spacial score (nSPS) is 12.8. The van der Waals surface area contributed by atoms with Crippen LogP contribution in [0.3, 0.4) is 0 Å². The van der Waals surface area contributed by atoms with E-state index in [1.54, 1.807) is 31.2 Å². The molecular formula is C18H15ClF3N3O. The van der Waals surface area contributed by atoms with E-state index >= 15 is 0 Å². The molecule has 0 amide bonds. The zero-order chi connectivity index (χ0) is 18.7. The third-order valence-corrected chi connectivity index (χ3v) is 4.09. The third-order valence-electron chi connectivity index (χ3n) is 3.84. The molecule has 0 saturated heterocycles. The van der Waals surface area contributed by atoms with Crippen LogP contribution in [-0.4, -0.2) is 14.8 Å². The van der Waals surface area contributed by atoms with Crippen LogP contribution in [0.5, 0.6) is 11.5 Å². The fourth-order valence-electron chi connectivity index (χ4n) is 2.62. The number of ether oxygens (including phenoxy) is 1. The fourth-order valence-corrected chi connectivity index (χ4v) is 2.74. The number of alkyl halides is 3. The molecule has 0 aliphatic heterocycles. The molecule has 0 spiro atoms. The van der Waals surface area contributed by atoms with Crippen molar-refractivity contribution in [2.45, 2.75) is 25.6 Å². The first kappa shape index (κ1) is 18.3. The highest BCUT2D eigenvalue weighted by Crippen LogP contribution is 2.38. The number of hydrogen-bond donors (Lipinski definition) is 0. The molecule has 1 unspecified atom stereocenters. The number of halogens is 4. The Morgan fingerprint density at radius 1 is 1.12 bits per heavy atom. The van der Waals surface area contributed by atoms with Gasteiger partial charge in [0.05, 0.1) is 5.56 Å². The first-order valence-corrected chi connectivity index (χ1v) is 8.17. The molecular weight excluding hydrogens is 367 g/mol. The topological polar surface area (TPSA) is 39.9 Å². The van der Waals surface area contributed by atoms with Crippen molar-refractivity contribution in [3.05, 3.63) is 71.3 Å². The van der Waals surface area contributed by atoms with Crippen LogP contribution < -0.4 is 4.74 Å². The second kappa shape index (κ2) is 7.37. The van der Waals surface area contributed by atoms with E-state index in [9.17, 15) is 13.2 Å². The lowest BCUT2D eigenvalue weighted by Crippen LogP contribution is -2.14. The molecule has 26 heavy (non-hydrogen) atoms. The molecule has 0 bridgehead atoms. The van der Waals surface area contributed by atoms with Crippen molar-refractivity contribution in [1.82, 2.24) is 14.8 Å². The number of nitrogens with zero attached hydrogens (tertiary/aromatic N) is 3. The van der Waals surface area contributed by atoms with E-state index in [1.807, 2.05) is 0 Å². The van der Waals surface area contributed by atoms with Crippen LogP contribution >= 0.6 is 11.6 Å². The van der Waals surface area contributed by atoms with E-state index < -0.39 is 17.7 Å². The summed E-state index contributed by atoms with van der Waals surface area (Å²) in [6, 6.07) is 10.4. The molecule has 4 nitrogen and oxygen atoms in total. The van der Waals surface area contributed by atoms with Gasteiger partial charge in [-0.05, 0) is 42.0 Å². The molecule has 136 valence electrons. The van der Waals surface area contributed by atoms with E-state index in [2.05, 4.69) is 10.1 Å². The summed E-state index contributed by atoms with van der Waals surface area (Å²) in [5.41, 5.74) is -0.548. The molecule has 0 radical (unpaired) electrons. The van der Waals surface area contributed by atoms with Gasteiger partial charge in [0, 0.05) is 17.5 Å². The zero-order valence-electron chi connectivity index (χ0n) is 13.7. The van der Waals surface area contributed by atoms with Crippen LogP contribution in [0.4, 0.5) is 13.2 Å². The summed E-state index contributed by atoms with van der Waals surface area (Å²) >= 11 is 5.80. The maximum absolute atomic E-state index is 13.6. The smallest absolute Gasteiger partial charge is 0.416 e. The molecule has 3 rings (SSSR count). The monoisotopic (exact) mass is 381 g/mol. The molecule has 8 heteroatoms. The molecule has 1 aromatic heterocycles. The summed E-state index contributed by atoms with van der Waals surface area (Å²) in [5.74, 6) is 0.111. The Bertz CT molecular complexity index is 864. The molecule has 0 saturated carbocycles. The highest BCUT2D eigenvalue weighted by atomic mass is 35.5. The highest BCUT2D eigenvalue weighted by Gasteiger charge is 2.35. The Morgan fingerprint density at radius 2 is 1.81 bits per heavy atom. The van der Waals surface area contributed by atoms with E-state index in [-0.39, 0.29) is 11.3 Å². The first-order valence-electron chi connectivity index (χ1n) is 7.80. The summed E-state index contributed by atoms with van der Waals surface area (Å²) in [5, 5.41) is 4.46. The van der Waals surface area contributed by atoms with E-state index in [0.717, 1.165) is 6.07 Å². The predicted molar refractivity (Wildman–Crippen MR) is 91.4 cm³/mol. The molecule has 0 aliphatic carbocycles. The molecule has 2 aromatic carbocycles.